The molecule has 2 aromatic carbocycles. The summed E-state index contributed by atoms with van der Waals surface area (Å²) in [5.41, 5.74) is 2.01. The fraction of sp³-hybridized carbons (Fsp3) is 0.111. The normalized spacial score (nSPS) is 16.0. The predicted molar refractivity (Wildman–Crippen MR) is 94.3 cm³/mol. The SMILES string of the molecule is FC(F)Oc1ccccc1C1=CC(c2cccc(Cl)c2)n2ncnc2N1. The van der Waals surface area contributed by atoms with E-state index in [1.165, 1.54) is 12.4 Å². The van der Waals surface area contributed by atoms with Crippen molar-refractivity contribution in [2.24, 2.45) is 0 Å². The van der Waals surface area contributed by atoms with Gasteiger partial charge in [-0.2, -0.15) is 18.9 Å². The number of rotatable bonds is 4. The summed E-state index contributed by atoms with van der Waals surface area (Å²) >= 11 is 6.12. The first kappa shape index (κ1) is 16.5. The van der Waals surface area contributed by atoms with Gasteiger partial charge >= 0.3 is 6.61 Å². The Balaban J connectivity index is 1.81. The minimum atomic E-state index is -2.91. The number of benzene rings is 2. The molecule has 3 aromatic rings. The number of ether oxygens (including phenoxy) is 1. The summed E-state index contributed by atoms with van der Waals surface area (Å²) in [5, 5.41) is 7.96. The second kappa shape index (κ2) is 6.76. The summed E-state index contributed by atoms with van der Waals surface area (Å²) in [6.45, 7) is -2.91. The third kappa shape index (κ3) is 3.13. The standard InChI is InChI=1S/C18H13ClF2N4O/c19-12-5-3-4-11(8-12)15-9-14(24-18-22-10-23-25(15)18)13-6-1-2-7-16(13)26-17(20)21/h1-10,15,17H,(H,22,23,24). The van der Waals surface area contributed by atoms with E-state index < -0.39 is 6.61 Å². The molecule has 0 radical (unpaired) electrons. The predicted octanol–water partition coefficient (Wildman–Crippen LogP) is 4.59. The molecule has 2 heterocycles. The summed E-state index contributed by atoms with van der Waals surface area (Å²) in [6, 6.07) is 13.7. The molecule has 8 heteroatoms. The number of hydrogen-bond donors (Lipinski definition) is 1. The summed E-state index contributed by atoms with van der Waals surface area (Å²) in [4.78, 5) is 4.20. The van der Waals surface area contributed by atoms with Gasteiger partial charge in [0, 0.05) is 10.6 Å². The molecular formula is C18H13ClF2N4O. The molecule has 5 nitrogen and oxygen atoms in total. The van der Waals surface area contributed by atoms with Crippen molar-refractivity contribution >= 4 is 23.2 Å². The van der Waals surface area contributed by atoms with Gasteiger partial charge in [-0.15, -0.1) is 0 Å². The Hall–Kier alpha value is -2.93. The lowest BCUT2D eigenvalue weighted by Gasteiger charge is -2.25. The lowest BCUT2D eigenvalue weighted by atomic mass is 10.0. The van der Waals surface area contributed by atoms with E-state index in [0.717, 1.165) is 5.56 Å². The number of aromatic nitrogens is 3. The molecule has 0 fully saturated rings. The van der Waals surface area contributed by atoms with Crippen LogP contribution in [0.1, 0.15) is 17.2 Å². The van der Waals surface area contributed by atoms with Crippen molar-refractivity contribution in [1.29, 1.82) is 0 Å². The molecule has 0 bridgehead atoms. The molecule has 0 saturated carbocycles. The van der Waals surface area contributed by atoms with Crippen LogP contribution in [0.15, 0.2) is 60.9 Å². The number of halogens is 3. The minimum absolute atomic E-state index is 0.0825. The second-order valence-electron chi connectivity index (χ2n) is 5.61. The Morgan fingerprint density at radius 2 is 2.00 bits per heavy atom. The summed E-state index contributed by atoms with van der Waals surface area (Å²) < 4.78 is 31.8. The van der Waals surface area contributed by atoms with Gasteiger partial charge in [-0.1, -0.05) is 35.9 Å². The molecule has 1 aromatic heterocycles. The van der Waals surface area contributed by atoms with Crippen molar-refractivity contribution < 1.29 is 13.5 Å². The van der Waals surface area contributed by atoms with Gasteiger partial charge in [-0.25, -0.2) is 4.68 Å². The van der Waals surface area contributed by atoms with Crippen molar-refractivity contribution in [3.05, 3.63) is 77.1 Å². The highest BCUT2D eigenvalue weighted by Crippen LogP contribution is 2.36. The highest BCUT2D eigenvalue weighted by molar-refractivity contribution is 6.30. The highest BCUT2D eigenvalue weighted by atomic mass is 35.5. The lowest BCUT2D eigenvalue weighted by molar-refractivity contribution is -0.0500. The Kier molecular flexibility index (Phi) is 4.30. The first-order valence-corrected chi connectivity index (χ1v) is 8.17. The Labute approximate surface area is 152 Å². The largest absolute Gasteiger partial charge is 0.434 e. The average molecular weight is 375 g/mol. The summed E-state index contributed by atoms with van der Waals surface area (Å²) in [7, 11) is 0. The molecule has 1 aliphatic rings. The fourth-order valence-electron chi connectivity index (χ4n) is 2.91. The molecule has 1 N–H and O–H groups in total. The van der Waals surface area contributed by atoms with E-state index in [0.29, 0.717) is 22.2 Å². The van der Waals surface area contributed by atoms with Gasteiger partial charge in [0.2, 0.25) is 5.95 Å². The molecule has 1 aliphatic heterocycles. The van der Waals surface area contributed by atoms with E-state index in [-0.39, 0.29) is 11.8 Å². The molecule has 1 atom stereocenters. The average Bonchev–Trinajstić information content (AvgIpc) is 3.09. The molecule has 0 amide bonds. The maximum atomic E-state index is 12.7. The molecular weight excluding hydrogens is 362 g/mol. The van der Waals surface area contributed by atoms with Gasteiger partial charge in [0.15, 0.2) is 0 Å². The monoisotopic (exact) mass is 374 g/mol. The zero-order chi connectivity index (χ0) is 18.1. The van der Waals surface area contributed by atoms with Crippen LogP contribution in [0, 0.1) is 0 Å². The minimum Gasteiger partial charge on any atom is -0.434 e. The van der Waals surface area contributed by atoms with E-state index in [1.807, 2.05) is 24.3 Å². The van der Waals surface area contributed by atoms with Crippen LogP contribution < -0.4 is 10.1 Å². The van der Waals surface area contributed by atoms with Gasteiger partial charge in [0.1, 0.15) is 18.1 Å². The maximum Gasteiger partial charge on any atom is 0.387 e. The Morgan fingerprint density at radius 1 is 1.15 bits per heavy atom. The third-order valence-corrected chi connectivity index (χ3v) is 4.23. The number of alkyl halides is 2. The molecule has 1 unspecified atom stereocenters. The van der Waals surface area contributed by atoms with Crippen LogP contribution in [0.3, 0.4) is 0 Å². The van der Waals surface area contributed by atoms with Crippen LogP contribution in [-0.2, 0) is 0 Å². The topological polar surface area (TPSA) is 52.0 Å². The number of nitrogens with one attached hydrogen (secondary N) is 1. The van der Waals surface area contributed by atoms with Crippen molar-refractivity contribution in [2.75, 3.05) is 5.32 Å². The van der Waals surface area contributed by atoms with Gasteiger partial charge in [-0.3, -0.25) is 0 Å². The van der Waals surface area contributed by atoms with E-state index in [4.69, 9.17) is 11.6 Å². The Morgan fingerprint density at radius 3 is 2.81 bits per heavy atom. The zero-order valence-corrected chi connectivity index (χ0v) is 14.1. The van der Waals surface area contributed by atoms with Gasteiger partial charge in [-0.05, 0) is 35.9 Å². The van der Waals surface area contributed by atoms with Crippen LogP contribution in [0.2, 0.25) is 5.02 Å². The van der Waals surface area contributed by atoms with Crippen LogP contribution in [0.4, 0.5) is 14.7 Å². The van der Waals surface area contributed by atoms with Crippen molar-refractivity contribution in [2.45, 2.75) is 12.7 Å². The highest BCUT2D eigenvalue weighted by Gasteiger charge is 2.25. The molecule has 0 aliphatic carbocycles. The molecule has 0 saturated heterocycles. The van der Waals surface area contributed by atoms with Gasteiger partial charge < -0.3 is 10.1 Å². The second-order valence-corrected chi connectivity index (χ2v) is 6.04. The van der Waals surface area contributed by atoms with E-state index in [9.17, 15) is 8.78 Å². The number of hydrogen-bond acceptors (Lipinski definition) is 4. The van der Waals surface area contributed by atoms with Gasteiger partial charge in [0.25, 0.3) is 0 Å². The number of nitrogens with zero attached hydrogens (tertiary/aromatic N) is 3. The zero-order valence-electron chi connectivity index (χ0n) is 13.3. The lowest BCUT2D eigenvalue weighted by Crippen LogP contribution is -2.20. The van der Waals surface area contributed by atoms with E-state index in [1.54, 1.807) is 28.9 Å². The molecule has 26 heavy (non-hydrogen) atoms. The molecule has 0 spiro atoms. The smallest absolute Gasteiger partial charge is 0.387 e. The summed E-state index contributed by atoms with van der Waals surface area (Å²) in [5.74, 6) is 0.582. The first-order chi connectivity index (χ1) is 12.6. The number of para-hydroxylation sites is 1. The van der Waals surface area contributed by atoms with Crippen molar-refractivity contribution in [3.63, 3.8) is 0 Å². The quantitative estimate of drug-likeness (QED) is 0.725. The van der Waals surface area contributed by atoms with E-state index >= 15 is 0 Å². The van der Waals surface area contributed by atoms with Crippen LogP contribution in [0.5, 0.6) is 5.75 Å². The van der Waals surface area contributed by atoms with Gasteiger partial charge in [0.05, 0.1) is 5.70 Å². The van der Waals surface area contributed by atoms with E-state index in [2.05, 4.69) is 20.1 Å². The van der Waals surface area contributed by atoms with Crippen molar-refractivity contribution in [3.8, 4) is 5.75 Å². The van der Waals surface area contributed by atoms with Crippen molar-refractivity contribution in [1.82, 2.24) is 14.8 Å². The van der Waals surface area contributed by atoms with Crippen LogP contribution in [-0.4, -0.2) is 21.4 Å². The Bertz CT molecular complexity index is 973. The van der Waals surface area contributed by atoms with Crippen LogP contribution >= 0.6 is 11.6 Å². The number of anilines is 1. The number of fused-ring (bicyclic) bond motifs is 1. The fourth-order valence-corrected chi connectivity index (χ4v) is 3.11. The number of allylic oxidation sites excluding steroid dienone is 1. The third-order valence-electron chi connectivity index (χ3n) is 3.99. The molecule has 132 valence electrons. The van der Waals surface area contributed by atoms with Crippen LogP contribution in [0.25, 0.3) is 5.70 Å². The molecule has 4 rings (SSSR count). The maximum absolute atomic E-state index is 12.7. The first-order valence-electron chi connectivity index (χ1n) is 7.80. The summed E-state index contributed by atoms with van der Waals surface area (Å²) in [6.07, 6.45) is 3.30.